The van der Waals surface area contributed by atoms with Crippen molar-refractivity contribution in [2.24, 2.45) is 0 Å². The van der Waals surface area contributed by atoms with Gasteiger partial charge in [-0.1, -0.05) is 6.42 Å². The fourth-order valence-corrected chi connectivity index (χ4v) is 5.61. The van der Waals surface area contributed by atoms with Gasteiger partial charge in [0.1, 0.15) is 10.6 Å². The van der Waals surface area contributed by atoms with Gasteiger partial charge in [-0.05, 0) is 62.2 Å². The summed E-state index contributed by atoms with van der Waals surface area (Å²) in [7, 11) is -0.740. The highest BCUT2D eigenvalue weighted by molar-refractivity contribution is 7.89. The second-order valence-corrected chi connectivity index (χ2v) is 9.76. The molecule has 0 spiro atoms. The molecule has 3 rings (SSSR count). The molecule has 9 heteroatoms. The van der Waals surface area contributed by atoms with Crippen LogP contribution in [-0.4, -0.2) is 51.3 Å². The number of piperidine rings is 1. The highest BCUT2D eigenvalue weighted by atomic mass is 32.2. The van der Waals surface area contributed by atoms with E-state index in [2.05, 4.69) is 5.32 Å². The SMILES string of the molecule is COc1ccc(C(=O)Nc2ccc(N(C)C(C)=O)cc2)cc1S(=O)(=O)N1CCCCC1C. The number of hydrogen-bond acceptors (Lipinski definition) is 5. The lowest BCUT2D eigenvalue weighted by molar-refractivity contribution is -0.116. The molecule has 1 atom stereocenters. The fourth-order valence-electron chi connectivity index (χ4n) is 3.73. The van der Waals surface area contributed by atoms with E-state index in [1.807, 2.05) is 6.92 Å². The summed E-state index contributed by atoms with van der Waals surface area (Å²) in [5.41, 5.74) is 1.43. The van der Waals surface area contributed by atoms with Crippen LogP contribution in [0, 0.1) is 0 Å². The Balaban J connectivity index is 1.86. The number of carbonyl (C=O) groups excluding carboxylic acids is 2. The Morgan fingerprint density at radius 1 is 1.12 bits per heavy atom. The largest absolute Gasteiger partial charge is 0.495 e. The maximum atomic E-state index is 13.3. The molecule has 172 valence electrons. The summed E-state index contributed by atoms with van der Waals surface area (Å²) in [5, 5.41) is 2.77. The van der Waals surface area contributed by atoms with Gasteiger partial charge in [-0.15, -0.1) is 0 Å². The predicted molar refractivity (Wildman–Crippen MR) is 124 cm³/mol. The molecule has 1 fully saturated rings. The molecule has 0 radical (unpaired) electrons. The molecule has 8 nitrogen and oxygen atoms in total. The molecule has 1 aliphatic rings. The monoisotopic (exact) mass is 459 g/mol. The minimum absolute atomic E-state index is 0.0140. The summed E-state index contributed by atoms with van der Waals surface area (Å²) < 4.78 is 33.5. The highest BCUT2D eigenvalue weighted by Crippen LogP contribution is 2.32. The van der Waals surface area contributed by atoms with Crippen molar-refractivity contribution in [2.45, 2.75) is 44.0 Å². The molecule has 1 unspecified atom stereocenters. The third-order valence-electron chi connectivity index (χ3n) is 5.74. The van der Waals surface area contributed by atoms with Crippen molar-refractivity contribution in [3.63, 3.8) is 0 Å². The van der Waals surface area contributed by atoms with Gasteiger partial charge in [-0.2, -0.15) is 4.31 Å². The first-order valence-corrected chi connectivity index (χ1v) is 11.9. The Morgan fingerprint density at radius 3 is 2.41 bits per heavy atom. The van der Waals surface area contributed by atoms with Crippen LogP contribution >= 0.6 is 0 Å². The van der Waals surface area contributed by atoms with Crippen LogP contribution in [0.15, 0.2) is 47.4 Å². The summed E-state index contributed by atoms with van der Waals surface area (Å²) in [6, 6.07) is 11.1. The molecule has 32 heavy (non-hydrogen) atoms. The third kappa shape index (κ3) is 4.94. The minimum atomic E-state index is -3.82. The molecule has 1 aliphatic heterocycles. The number of carbonyl (C=O) groups is 2. The summed E-state index contributed by atoms with van der Waals surface area (Å²) in [6.45, 7) is 3.81. The number of hydrogen-bond donors (Lipinski definition) is 1. The molecule has 2 amide bonds. The van der Waals surface area contributed by atoms with Gasteiger partial charge in [0.05, 0.1) is 7.11 Å². The van der Waals surface area contributed by atoms with Gasteiger partial charge in [0.2, 0.25) is 15.9 Å². The summed E-state index contributed by atoms with van der Waals surface area (Å²) in [4.78, 5) is 25.8. The number of rotatable bonds is 6. The van der Waals surface area contributed by atoms with Crippen molar-refractivity contribution >= 4 is 33.2 Å². The topological polar surface area (TPSA) is 96.0 Å². The van der Waals surface area contributed by atoms with Crippen LogP contribution in [0.1, 0.15) is 43.5 Å². The number of ether oxygens (including phenoxy) is 1. The Labute approximate surface area is 189 Å². The van der Waals surface area contributed by atoms with Gasteiger partial charge < -0.3 is 15.0 Å². The number of nitrogens with zero attached hydrogens (tertiary/aromatic N) is 2. The molecule has 1 saturated heterocycles. The van der Waals surface area contributed by atoms with E-state index in [1.165, 1.54) is 41.4 Å². The van der Waals surface area contributed by atoms with E-state index in [4.69, 9.17) is 4.74 Å². The number of anilines is 2. The van der Waals surface area contributed by atoms with Gasteiger partial charge in [0.15, 0.2) is 0 Å². The number of nitrogens with one attached hydrogen (secondary N) is 1. The van der Waals surface area contributed by atoms with Crippen molar-refractivity contribution in [2.75, 3.05) is 30.9 Å². The van der Waals surface area contributed by atoms with Crippen LogP contribution in [0.5, 0.6) is 5.75 Å². The Kier molecular flexibility index (Phi) is 7.20. The van der Waals surface area contributed by atoms with Gasteiger partial charge in [0.25, 0.3) is 5.91 Å². The van der Waals surface area contributed by atoms with Gasteiger partial charge in [-0.25, -0.2) is 8.42 Å². The normalized spacial score (nSPS) is 16.9. The smallest absolute Gasteiger partial charge is 0.255 e. The molecule has 1 N–H and O–H groups in total. The fraction of sp³-hybridized carbons (Fsp3) is 0.391. The lowest BCUT2D eigenvalue weighted by Crippen LogP contribution is -2.42. The maximum absolute atomic E-state index is 13.3. The molecule has 0 aliphatic carbocycles. The molecule has 0 bridgehead atoms. The van der Waals surface area contributed by atoms with Gasteiger partial charge in [-0.3, -0.25) is 9.59 Å². The zero-order valence-electron chi connectivity index (χ0n) is 18.8. The number of benzene rings is 2. The first kappa shape index (κ1) is 23.7. The molecule has 1 heterocycles. The Bertz CT molecular complexity index is 1100. The Morgan fingerprint density at radius 2 is 1.81 bits per heavy atom. The number of methoxy groups -OCH3 is 1. The maximum Gasteiger partial charge on any atom is 0.255 e. The van der Waals surface area contributed by atoms with E-state index < -0.39 is 15.9 Å². The van der Waals surface area contributed by atoms with E-state index in [-0.39, 0.29) is 28.2 Å². The predicted octanol–water partition coefficient (Wildman–Crippen LogP) is 3.49. The quantitative estimate of drug-likeness (QED) is 0.713. The first-order valence-electron chi connectivity index (χ1n) is 10.5. The summed E-state index contributed by atoms with van der Waals surface area (Å²) >= 11 is 0. The van der Waals surface area contributed by atoms with Gasteiger partial charge in [0, 0.05) is 43.5 Å². The average molecular weight is 460 g/mol. The van der Waals surface area contributed by atoms with Crippen LogP contribution in [0.3, 0.4) is 0 Å². The van der Waals surface area contributed by atoms with Crippen LogP contribution in [0.2, 0.25) is 0 Å². The van der Waals surface area contributed by atoms with E-state index in [1.54, 1.807) is 31.3 Å². The number of sulfonamides is 1. The lowest BCUT2D eigenvalue weighted by Gasteiger charge is -2.32. The van der Waals surface area contributed by atoms with Crippen molar-refractivity contribution in [1.29, 1.82) is 0 Å². The van der Waals surface area contributed by atoms with E-state index in [0.29, 0.717) is 17.9 Å². The second-order valence-electron chi connectivity index (χ2n) is 7.91. The lowest BCUT2D eigenvalue weighted by atomic mass is 10.1. The molecule has 2 aromatic rings. The van der Waals surface area contributed by atoms with E-state index in [9.17, 15) is 18.0 Å². The first-order chi connectivity index (χ1) is 15.1. The van der Waals surface area contributed by atoms with Gasteiger partial charge >= 0.3 is 0 Å². The second kappa shape index (κ2) is 9.70. The molecule has 2 aromatic carbocycles. The van der Waals surface area contributed by atoms with Crippen LogP contribution in [0.25, 0.3) is 0 Å². The molecule has 0 saturated carbocycles. The third-order valence-corrected chi connectivity index (χ3v) is 7.77. The minimum Gasteiger partial charge on any atom is -0.495 e. The summed E-state index contributed by atoms with van der Waals surface area (Å²) in [5.74, 6) is -0.337. The zero-order chi connectivity index (χ0) is 23.5. The van der Waals surface area contributed by atoms with E-state index in [0.717, 1.165) is 19.3 Å². The summed E-state index contributed by atoms with van der Waals surface area (Å²) in [6.07, 6.45) is 2.60. The van der Waals surface area contributed by atoms with Crippen molar-refractivity contribution in [1.82, 2.24) is 4.31 Å². The molecular formula is C23H29N3O5S. The molecular weight excluding hydrogens is 430 g/mol. The Hall–Kier alpha value is -2.91. The van der Waals surface area contributed by atoms with Crippen molar-refractivity contribution in [3.05, 3.63) is 48.0 Å². The standard InChI is InChI=1S/C23H29N3O5S/c1-16-7-5-6-14-26(16)32(29,30)22-15-18(8-13-21(22)31-4)23(28)24-19-9-11-20(12-10-19)25(3)17(2)27/h8-13,15-16H,5-7,14H2,1-4H3,(H,24,28). The van der Waals surface area contributed by atoms with Crippen LogP contribution in [-0.2, 0) is 14.8 Å². The van der Waals surface area contributed by atoms with Crippen molar-refractivity contribution in [3.8, 4) is 5.75 Å². The average Bonchev–Trinajstić information content (AvgIpc) is 2.78. The highest BCUT2D eigenvalue weighted by Gasteiger charge is 2.33. The van der Waals surface area contributed by atoms with Crippen LogP contribution < -0.4 is 15.0 Å². The van der Waals surface area contributed by atoms with Crippen molar-refractivity contribution < 1.29 is 22.7 Å². The van der Waals surface area contributed by atoms with E-state index >= 15 is 0 Å². The van der Waals surface area contributed by atoms with Crippen LogP contribution in [0.4, 0.5) is 11.4 Å². The zero-order valence-corrected chi connectivity index (χ0v) is 19.6. The molecule has 0 aromatic heterocycles. The number of amides is 2.